The summed E-state index contributed by atoms with van der Waals surface area (Å²) < 4.78 is 5.92. The highest BCUT2D eigenvalue weighted by atomic mass is 79.9. The first-order valence-corrected chi connectivity index (χ1v) is 6.49. The number of nitrogens with one attached hydrogen (secondary N) is 1. The molecule has 0 bridgehead atoms. The first-order valence-electron chi connectivity index (χ1n) is 5.32. The van der Waals surface area contributed by atoms with Gasteiger partial charge >= 0.3 is 0 Å². The number of pyridine rings is 1. The number of anilines is 1. The highest BCUT2D eigenvalue weighted by Crippen LogP contribution is 2.23. The van der Waals surface area contributed by atoms with Gasteiger partial charge in [-0.1, -0.05) is 11.6 Å². The molecule has 1 heterocycles. The highest BCUT2D eigenvalue weighted by Gasteiger charge is 2.07. The molecule has 1 aromatic heterocycles. The van der Waals surface area contributed by atoms with Crippen molar-refractivity contribution >= 4 is 39.1 Å². The molecule has 0 unspecified atom stereocenters. The number of amides is 1. The van der Waals surface area contributed by atoms with Gasteiger partial charge in [0, 0.05) is 30.3 Å². The first-order chi connectivity index (χ1) is 8.13. The molecule has 1 amide bonds. The third kappa shape index (κ3) is 5.48. The molecule has 1 N–H and O–H groups in total. The van der Waals surface area contributed by atoms with E-state index in [9.17, 15) is 4.79 Å². The predicted molar refractivity (Wildman–Crippen MR) is 71.3 cm³/mol. The Morgan fingerprint density at radius 1 is 1.65 bits per heavy atom. The molecule has 0 saturated heterocycles. The molecule has 0 radical (unpaired) electrons. The van der Waals surface area contributed by atoms with E-state index in [0.717, 1.165) is 4.47 Å². The van der Waals surface area contributed by atoms with Gasteiger partial charge in [-0.2, -0.15) is 0 Å². The molecule has 4 nitrogen and oxygen atoms in total. The molecule has 0 atom stereocenters. The summed E-state index contributed by atoms with van der Waals surface area (Å²) in [4.78, 5) is 15.5. The van der Waals surface area contributed by atoms with Gasteiger partial charge in [-0.05, 0) is 35.3 Å². The summed E-state index contributed by atoms with van der Waals surface area (Å²) in [5.41, 5.74) is 0.516. The lowest BCUT2D eigenvalue weighted by Gasteiger charge is -2.07. The topological polar surface area (TPSA) is 51.2 Å². The van der Waals surface area contributed by atoms with E-state index < -0.39 is 0 Å². The minimum atomic E-state index is -0.0912. The number of hydrogen-bond acceptors (Lipinski definition) is 3. The van der Waals surface area contributed by atoms with Crippen molar-refractivity contribution in [2.75, 3.05) is 18.5 Å². The van der Waals surface area contributed by atoms with Crippen LogP contribution >= 0.6 is 27.5 Å². The molecule has 0 aromatic carbocycles. The molecule has 94 valence electrons. The average Bonchev–Trinajstić information content (AvgIpc) is 2.29. The lowest BCUT2D eigenvalue weighted by molar-refractivity contribution is -0.116. The van der Waals surface area contributed by atoms with Crippen molar-refractivity contribution in [3.63, 3.8) is 0 Å². The summed E-state index contributed by atoms with van der Waals surface area (Å²) in [6.45, 7) is 3.18. The number of hydrogen-bond donors (Lipinski definition) is 1. The number of carbonyl (C=O) groups is 1. The first kappa shape index (κ1) is 14.4. The summed E-state index contributed by atoms with van der Waals surface area (Å²) in [6, 6.07) is 1.72. The van der Waals surface area contributed by atoms with E-state index in [1.54, 1.807) is 12.3 Å². The van der Waals surface area contributed by atoms with Crippen LogP contribution in [-0.2, 0) is 9.53 Å². The number of rotatable bonds is 6. The average molecular weight is 322 g/mol. The molecule has 6 heteroatoms. The highest BCUT2D eigenvalue weighted by molar-refractivity contribution is 9.10. The van der Waals surface area contributed by atoms with E-state index >= 15 is 0 Å². The van der Waals surface area contributed by atoms with Crippen molar-refractivity contribution in [1.29, 1.82) is 0 Å². The standard InChI is InChI=1S/C11H14BrClN2O2/c1-2-17-5-3-4-10(16)15-9-6-8(12)7-14-11(9)13/h6-7H,2-5H2,1H3,(H,15,16). The van der Waals surface area contributed by atoms with Crippen LogP contribution in [0.5, 0.6) is 0 Å². The van der Waals surface area contributed by atoms with E-state index in [4.69, 9.17) is 16.3 Å². The lowest BCUT2D eigenvalue weighted by atomic mass is 10.3. The van der Waals surface area contributed by atoms with E-state index in [1.165, 1.54) is 0 Å². The van der Waals surface area contributed by atoms with Crippen molar-refractivity contribution in [3.05, 3.63) is 21.9 Å². The minimum absolute atomic E-state index is 0.0912. The number of nitrogens with zero attached hydrogens (tertiary/aromatic N) is 1. The normalized spacial score (nSPS) is 10.3. The SMILES string of the molecule is CCOCCCC(=O)Nc1cc(Br)cnc1Cl. The van der Waals surface area contributed by atoms with E-state index in [-0.39, 0.29) is 11.1 Å². The van der Waals surface area contributed by atoms with Gasteiger partial charge in [0.1, 0.15) is 0 Å². The van der Waals surface area contributed by atoms with E-state index in [2.05, 4.69) is 26.2 Å². The van der Waals surface area contributed by atoms with Crippen molar-refractivity contribution in [1.82, 2.24) is 4.98 Å². The maximum Gasteiger partial charge on any atom is 0.224 e. The molecule has 0 saturated carbocycles. The summed E-state index contributed by atoms with van der Waals surface area (Å²) in [5, 5.41) is 2.99. The Kier molecular flexibility index (Phi) is 6.47. The van der Waals surface area contributed by atoms with Gasteiger partial charge in [0.15, 0.2) is 5.15 Å². The van der Waals surface area contributed by atoms with Gasteiger partial charge in [0.25, 0.3) is 0 Å². The summed E-state index contributed by atoms with van der Waals surface area (Å²) >= 11 is 9.12. The Morgan fingerprint density at radius 3 is 3.12 bits per heavy atom. The Labute approximate surface area is 114 Å². The second-order valence-corrected chi connectivity index (χ2v) is 4.61. The second kappa shape index (κ2) is 7.63. The Bertz CT molecular complexity index is 388. The van der Waals surface area contributed by atoms with Crippen LogP contribution in [0.1, 0.15) is 19.8 Å². The van der Waals surface area contributed by atoms with Crippen LogP contribution in [0.2, 0.25) is 5.15 Å². The molecular weight excluding hydrogens is 307 g/mol. The fourth-order valence-corrected chi connectivity index (χ4v) is 1.68. The Balaban J connectivity index is 2.42. The summed E-state index contributed by atoms with van der Waals surface area (Å²) in [7, 11) is 0. The van der Waals surface area contributed by atoms with Crippen molar-refractivity contribution < 1.29 is 9.53 Å². The van der Waals surface area contributed by atoms with Gasteiger partial charge in [-0.15, -0.1) is 0 Å². The smallest absolute Gasteiger partial charge is 0.224 e. The maximum absolute atomic E-state index is 11.6. The molecule has 0 spiro atoms. The number of halogens is 2. The van der Waals surface area contributed by atoms with Crippen LogP contribution < -0.4 is 5.32 Å². The summed E-state index contributed by atoms with van der Waals surface area (Å²) in [6.07, 6.45) is 2.68. The summed E-state index contributed by atoms with van der Waals surface area (Å²) in [5.74, 6) is -0.0912. The Hall–Kier alpha value is -0.650. The molecule has 1 aromatic rings. The second-order valence-electron chi connectivity index (χ2n) is 3.34. The molecule has 0 fully saturated rings. The third-order valence-electron chi connectivity index (χ3n) is 1.98. The van der Waals surface area contributed by atoms with Crippen molar-refractivity contribution in [2.24, 2.45) is 0 Å². The Morgan fingerprint density at radius 2 is 2.41 bits per heavy atom. The number of ether oxygens (including phenoxy) is 1. The van der Waals surface area contributed by atoms with Crippen molar-refractivity contribution in [2.45, 2.75) is 19.8 Å². The van der Waals surface area contributed by atoms with Crippen LogP contribution in [0.4, 0.5) is 5.69 Å². The van der Waals surface area contributed by atoms with Crippen LogP contribution in [0, 0.1) is 0 Å². The zero-order valence-corrected chi connectivity index (χ0v) is 11.8. The number of aromatic nitrogens is 1. The molecule has 17 heavy (non-hydrogen) atoms. The van der Waals surface area contributed by atoms with Crippen LogP contribution in [-0.4, -0.2) is 24.1 Å². The van der Waals surface area contributed by atoms with Crippen LogP contribution in [0.25, 0.3) is 0 Å². The maximum atomic E-state index is 11.6. The van der Waals surface area contributed by atoms with E-state index in [1.807, 2.05) is 6.92 Å². The molecular formula is C11H14BrClN2O2. The fraction of sp³-hybridized carbons (Fsp3) is 0.455. The molecule has 1 rings (SSSR count). The quantitative estimate of drug-likeness (QED) is 0.646. The predicted octanol–water partition coefficient (Wildman–Crippen LogP) is 3.25. The molecule has 0 aliphatic heterocycles. The van der Waals surface area contributed by atoms with Gasteiger partial charge < -0.3 is 10.1 Å². The monoisotopic (exact) mass is 320 g/mol. The van der Waals surface area contributed by atoms with Crippen molar-refractivity contribution in [3.8, 4) is 0 Å². The fourth-order valence-electron chi connectivity index (χ4n) is 1.20. The molecule has 0 aliphatic carbocycles. The van der Waals surface area contributed by atoms with Gasteiger partial charge in [-0.25, -0.2) is 4.98 Å². The van der Waals surface area contributed by atoms with Crippen LogP contribution in [0.3, 0.4) is 0 Å². The zero-order chi connectivity index (χ0) is 12.7. The van der Waals surface area contributed by atoms with Gasteiger partial charge in [0.2, 0.25) is 5.91 Å². The van der Waals surface area contributed by atoms with E-state index in [0.29, 0.717) is 31.7 Å². The van der Waals surface area contributed by atoms with Crippen LogP contribution in [0.15, 0.2) is 16.7 Å². The van der Waals surface area contributed by atoms with Gasteiger partial charge in [0.05, 0.1) is 5.69 Å². The molecule has 0 aliphatic rings. The number of carbonyl (C=O) groups excluding carboxylic acids is 1. The zero-order valence-electron chi connectivity index (χ0n) is 9.50. The van der Waals surface area contributed by atoms with Gasteiger partial charge in [-0.3, -0.25) is 4.79 Å². The third-order valence-corrected chi connectivity index (χ3v) is 2.71. The lowest BCUT2D eigenvalue weighted by Crippen LogP contribution is -2.13. The largest absolute Gasteiger partial charge is 0.382 e. The minimum Gasteiger partial charge on any atom is -0.382 e.